The Morgan fingerprint density at radius 2 is 2.23 bits per heavy atom. The summed E-state index contributed by atoms with van der Waals surface area (Å²) < 4.78 is 6.35. The van der Waals surface area contributed by atoms with E-state index in [-0.39, 0.29) is 23.1 Å². The van der Waals surface area contributed by atoms with Gasteiger partial charge in [-0.05, 0) is 30.9 Å². The lowest BCUT2D eigenvalue weighted by molar-refractivity contribution is -0.607. The first kappa shape index (κ1) is 14.6. The molecule has 22 heavy (non-hydrogen) atoms. The van der Waals surface area contributed by atoms with Crippen molar-refractivity contribution in [2.24, 2.45) is 5.41 Å². The first-order valence-corrected chi connectivity index (χ1v) is 7.44. The van der Waals surface area contributed by atoms with E-state index in [1.807, 2.05) is 13.0 Å². The Kier molecular flexibility index (Phi) is 3.43. The van der Waals surface area contributed by atoms with Gasteiger partial charge in [0.05, 0.1) is 6.04 Å². The quantitative estimate of drug-likeness (QED) is 0.685. The van der Waals surface area contributed by atoms with Crippen LogP contribution in [0.15, 0.2) is 34.9 Å². The summed E-state index contributed by atoms with van der Waals surface area (Å²) in [5, 5.41) is 14.7. The summed E-state index contributed by atoms with van der Waals surface area (Å²) in [5.41, 5.74) is 1.17. The molecule has 5 nitrogen and oxygen atoms in total. The van der Waals surface area contributed by atoms with Crippen molar-refractivity contribution in [2.45, 2.75) is 39.7 Å². The number of aromatic nitrogens is 1. The number of fused-ring (bicyclic) bond motifs is 1. The van der Waals surface area contributed by atoms with Gasteiger partial charge >= 0.3 is 5.91 Å². The molecule has 0 unspecified atom stereocenters. The van der Waals surface area contributed by atoms with Crippen LogP contribution in [0.5, 0.6) is 0 Å². The lowest BCUT2D eigenvalue weighted by atomic mass is 9.74. The molecule has 0 bridgehead atoms. The molecule has 0 saturated heterocycles. The van der Waals surface area contributed by atoms with Gasteiger partial charge in [0.15, 0.2) is 6.20 Å². The Balaban J connectivity index is 1.89. The van der Waals surface area contributed by atoms with E-state index in [0.29, 0.717) is 4.73 Å². The number of aryl methyl sites for hydroxylation is 1. The molecule has 5 heteroatoms. The van der Waals surface area contributed by atoms with Crippen LogP contribution < -0.4 is 10.0 Å². The largest absolute Gasteiger partial charge is 0.618 e. The summed E-state index contributed by atoms with van der Waals surface area (Å²) >= 11 is 0. The molecule has 0 radical (unpaired) electrons. The molecule has 1 N–H and O–H groups in total. The number of nitrogens with one attached hydrogen (secondary N) is 1. The molecule has 2 heterocycles. The maximum atomic E-state index is 12.4. The van der Waals surface area contributed by atoms with Gasteiger partial charge in [0.25, 0.3) is 5.69 Å². The Morgan fingerprint density at radius 1 is 1.45 bits per heavy atom. The molecular weight excluding hydrogens is 280 g/mol. The zero-order valence-electron chi connectivity index (χ0n) is 13.1. The predicted octanol–water partition coefficient (Wildman–Crippen LogP) is 2.66. The normalized spacial score (nSPS) is 19.5. The molecule has 1 amide bonds. The fraction of sp³-hybridized carbons (Fsp3) is 0.412. The van der Waals surface area contributed by atoms with E-state index >= 15 is 0 Å². The molecular formula is C17H20N2O3. The number of rotatable bonds is 2. The van der Waals surface area contributed by atoms with E-state index in [1.54, 1.807) is 12.1 Å². The van der Waals surface area contributed by atoms with Gasteiger partial charge in [-0.25, -0.2) is 0 Å². The fourth-order valence-electron chi connectivity index (χ4n) is 3.15. The summed E-state index contributed by atoms with van der Waals surface area (Å²) in [6.07, 6.45) is 3.00. The van der Waals surface area contributed by atoms with Gasteiger partial charge < -0.3 is 14.9 Å². The van der Waals surface area contributed by atoms with Crippen LogP contribution in [0.25, 0.3) is 0 Å². The minimum absolute atomic E-state index is 0.0410. The van der Waals surface area contributed by atoms with E-state index in [0.717, 1.165) is 29.9 Å². The molecule has 0 aromatic carbocycles. The Morgan fingerprint density at radius 3 is 2.95 bits per heavy atom. The molecule has 0 aliphatic heterocycles. The van der Waals surface area contributed by atoms with Gasteiger partial charge in [0, 0.05) is 24.1 Å². The molecule has 1 atom stereocenters. The van der Waals surface area contributed by atoms with Crippen LogP contribution in [0.3, 0.4) is 0 Å². The highest BCUT2D eigenvalue weighted by Gasteiger charge is 2.36. The maximum absolute atomic E-state index is 12.4. The number of hydrogen-bond acceptors (Lipinski definition) is 3. The molecule has 0 spiro atoms. The first-order valence-electron chi connectivity index (χ1n) is 7.44. The summed E-state index contributed by atoms with van der Waals surface area (Å²) in [4.78, 5) is 12.4. The van der Waals surface area contributed by atoms with Gasteiger partial charge in [-0.3, -0.25) is 4.79 Å². The van der Waals surface area contributed by atoms with Crippen molar-refractivity contribution in [1.29, 1.82) is 0 Å². The smallest absolute Gasteiger partial charge is 0.317 e. The van der Waals surface area contributed by atoms with Gasteiger partial charge in [0.2, 0.25) is 0 Å². The Hall–Kier alpha value is -2.30. The van der Waals surface area contributed by atoms with E-state index < -0.39 is 0 Å². The SMILES string of the molecule is Cc1cc2c(o1)CC(C)(C)C[C@@H]2NC(=O)c1cccc[n+]1[O-]. The molecule has 3 rings (SSSR count). The molecule has 2 aromatic rings. The van der Waals surface area contributed by atoms with Gasteiger partial charge in [0.1, 0.15) is 11.5 Å². The summed E-state index contributed by atoms with van der Waals surface area (Å²) in [6, 6.07) is 6.65. The zero-order chi connectivity index (χ0) is 15.9. The second-order valence-corrected chi connectivity index (χ2v) is 6.72. The van der Waals surface area contributed by atoms with Crippen LogP contribution in [0.1, 0.15) is 53.9 Å². The number of carbonyl (C=O) groups excluding carboxylic acids is 1. The molecule has 0 saturated carbocycles. The predicted molar refractivity (Wildman–Crippen MR) is 81.2 cm³/mol. The Bertz CT molecular complexity index is 718. The fourth-order valence-corrected chi connectivity index (χ4v) is 3.15. The number of amides is 1. The Labute approximate surface area is 129 Å². The lowest BCUT2D eigenvalue weighted by Crippen LogP contribution is -2.42. The van der Waals surface area contributed by atoms with E-state index in [1.165, 1.54) is 12.3 Å². The summed E-state index contributed by atoms with van der Waals surface area (Å²) in [6.45, 7) is 6.22. The highest BCUT2D eigenvalue weighted by molar-refractivity contribution is 5.91. The van der Waals surface area contributed by atoms with Crippen molar-refractivity contribution < 1.29 is 13.9 Å². The number of nitrogens with zero attached hydrogens (tertiary/aromatic N) is 1. The van der Waals surface area contributed by atoms with E-state index in [2.05, 4.69) is 19.2 Å². The van der Waals surface area contributed by atoms with Crippen LogP contribution in [0.2, 0.25) is 0 Å². The second kappa shape index (κ2) is 5.16. The number of carbonyl (C=O) groups is 1. The minimum atomic E-state index is -0.358. The molecule has 1 aliphatic carbocycles. The second-order valence-electron chi connectivity index (χ2n) is 6.72. The van der Waals surface area contributed by atoms with Gasteiger partial charge in [-0.2, -0.15) is 4.73 Å². The van der Waals surface area contributed by atoms with Gasteiger partial charge in [-0.1, -0.05) is 13.8 Å². The minimum Gasteiger partial charge on any atom is -0.618 e. The van der Waals surface area contributed by atoms with Crippen molar-refractivity contribution in [1.82, 2.24) is 5.32 Å². The average molecular weight is 300 g/mol. The van der Waals surface area contributed by atoms with Crippen LogP contribution in [0, 0.1) is 17.5 Å². The van der Waals surface area contributed by atoms with Crippen molar-refractivity contribution >= 4 is 5.91 Å². The number of furan rings is 1. The van der Waals surface area contributed by atoms with Gasteiger partial charge in [-0.15, -0.1) is 0 Å². The van der Waals surface area contributed by atoms with E-state index in [4.69, 9.17) is 4.42 Å². The molecule has 0 fully saturated rings. The molecule has 2 aromatic heterocycles. The van der Waals surface area contributed by atoms with Crippen molar-refractivity contribution in [3.8, 4) is 0 Å². The summed E-state index contributed by atoms with van der Waals surface area (Å²) in [7, 11) is 0. The topological polar surface area (TPSA) is 69.2 Å². The van der Waals surface area contributed by atoms with Crippen molar-refractivity contribution in [3.05, 3.63) is 58.4 Å². The number of hydrogen-bond donors (Lipinski definition) is 1. The van der Waals surface area contributed by atoms with Crippen LogP contribution in [0.4, 0.5) is 0 Å². The highest BCUT2D eigenvalue weighted by atomic mass is 16.5. The third-order valence-electron chi connectivity index (χ3n) is 4.10. The maximum Gasteiger partial charge on any atom is 0.317 e. The van der Waals surface area contributed by atoms with Crippen LogP contribution >= 0.6 is 0 Å². The summed E-state index contributed by atoms with van der Waals surface area (Å²) in [5.74, 6) is 1.42. The zero-order valence-corrected chi connectivity index (χ0v) is 13.1. The average Bonchev–Trinajstić information content (AvgIpc) is 2.78. The first-order chi connectivity index (χ1) is 10.4. The third kappa shape index (κ3) is 2.71. The third-order valence-corrected chi connectivity index (χ3v) is 4.10. The molecule has 116 valence electrons. The van der Waals surface area contributed by atoms with Crippen LogP contribution in [-0.2, 0) is 6.42 Å². The van der Waals surface area contributed by atoms with Crippen molar-refractivity contribution in [3.63, 3.8) is 0 Å². The van der Waals surface area contributed by atoms with Crippen molar-refractivity contribution in [2.75, 3.05) is 0 Å². The number of pyridine rings is 1. The van der Waals surface area contributed by atoms with E-state index in [9.17, 15) is 10.0 Å². The molecule has 1 aliphatic rings. The monoisotopic (exact) mass is 300 g/mol. The van der Waals surface area contributed by atoms with Crippen LogP contribution in [-0.4, -0.2) is 5.91 Å². The standard InChI is InChI=1S/C17H20N2O3/c1-11-8-12-13(9-17(2,3)10-15(12)22-11)18-16(20)14-6-4-5-7-19(14)21/h4-8,13H,9-10H2,1-3H3,(H,18,20)/t13-/m0/s1. The lowest BCUT2D eigenvalue weighted by Gasteiger charge is -2.34. The highest BCUT2D eigenvalue weighted by Crippen LogP contribution is 2.42.